The number of anilines is 3. The highest BCUT2D eigenvalue weighted by molar-refractivity contribution is 6.32. The monoisotopic (exact) mass is 438 g/mol. The lowest BCUT2D eigenvalue weighted by atomic mass is 10.1. The molecule has 9 heteroatoms. The number of hydrogen-bond donors (Lipinski definition) is 3. The van der Waals surface area contributed by atoms with Gasteiger partial charge in [0.1, 0.15) is 0 Å². The van der Waals surface area contributed by atoms with Gasteiger partial charge < -0.3 is 26.0 Å². The Balaban J connectivity index is 1.49. The largest absolute Gasteiger partial charge is 0.378 e. The number of nitrogens with one attached hydrogen (secondary N) is 2. The summed E-state index contributed by atoms with van der Waals surface area (Å²) in [6.45, 7) is 3.37. The zero-order valence-electron chi connectivity index (χ0n) is 16.8. The fraction of sp³-hybridized carbons (Fsp3) is 0.227. The van der Waals surface area contributed by atoms with E-state index in [1.807, 2.05) is 12.1 Å². The van der Waals surface area contributed by atoms with E-state index in [9.17, 15) is 4.79 Å². The van der Waals surface area contributed by atoms with Gasteiger partial charge in [0.2, 0.25) is 5.95 Å². The minimum atomic E-state index is -0.231. The molecule has 1 saturated heterocycles. The van der Waals surface area contributed by atoms with Crippen molar-refractivity contribution in [3.8, 4) is 11.3 Å². The lowest BCUT2D eigenvalue weighted by Gasteiger charge is -2.28. The average Bonchev–Trinajstić information content (AvgIpc) is 2.82. The number of carbonyl (C=O) groups excluding carboxylic acids is 1. The summed E-state index contributed by atoms with van der Waals surface area (Å²) in [7, 11) is 0. The molecule has 8 nitrogen and oxygen atoms in total. The Hall–Kier alpha value is -3.20. The van der Waals surface area contributed by atoms with Crippen molar-refractivity contribution in [1.82, 2.24) is 15.3 Å². The van der Waals surface area contributed by atoms with E-state index < -0.39 is 0 Å². The zero-order chi connectivity index (χ0) is 21.6. The van der Waals surface area contributed by atoms with Gasteiger partial charge in [0.15, 0.2) is 0 Å². The molecule has 31 heavy (non-hydrogen) atoms. The Kier molecular flexibility index (Phi) is 6.61. The van der Waals surface area contributed by atoms with Crippen LogP contribution in [0.2, 0.25) is 5.02 Å². The molecule has 1 amide bonds. The van der Waals surface area contributed by atoms with Crippen LogP contribution in [-0.2, 0) is 4.74 Å². The number of ether oxygens (including phenoxy) is 1. The van der Waals surface area contributed by atoms with Crippen molar-refractivity contribution < 1.29 is 9.53 Å². The molecule has 1 aromatic heterocycles. The number of nitrogens with zero attached hydrogens (tertiary/aromatic N) is 3. The van der Waals surface area contributed by atoms with Crippen LogP contribution in [0.5, 0.6) is 0 Å². The van der Waals surface area contributed by atoms with E-state index in [2.05, 4.69) is 37.6 Å². The van der Waals surface area contributed by atoms with E-state index >= 15 is 0 Å². The fourth-order valence-corrected chi connectivity index (χ4v) is 3.51. The van der Waals surface area contributed by atoms with Gasteiger partial charge in [-0.3, -0.25) is 4.79 Å². The van der Waals surface area contributed by atoms with E-state index in [0.717, 1.165) is 43.2 Å². The molecular formula is C22H23ClN6O2. The molecule has 0 bridgehead atoms. The van der Waals surface area contributed by atoms with Crippen LogP contribution in [0.15, 0.2) is 54.7 Å². The number of carbonyl (C=O) groups is 1. The molecule has 0 saturated carbocycles. The molecule has 4 N–H and O–H groups in total. The molecule has 2 aromatic carbocycles. The first-order valence-electron chi connectivity index (χ1n) is 9.95. The lowest BCUT2D eigenvalue weighted by Crippen LogP contribution is -2.36. The van der Waals surface area contributed by atoms with Crippen LogP contribution in [-0.4, -0.2) is 48.8 Å². The predicted octanol–water partition coefficient (Wildman–Crippen LogP) is 3.02. The van der Waals surface area contributed by atoms with Crippen molar-refractivity contribution in [2.45, 2.75) is 0 Å². The van der Waals surface area contributed by atoms with Crippen molar-refractivity contribution in [3.63, 3.8) is 0 Å². The Labute approximate surface area is 185 Å². The lowest BCUT2D eigenvalue weighted by molar-refractivity contribution is 0.0955. The topological polar surface area (TPSA) is 105 Å². The number of morpholine rings is 1. The molecule has 0 aliphatic carbocycles. The highest BCUT2D eigenvalue weighted by Crippen LogP contribution is 2.28. The predicted molar refractivity (Wildman–Crippen MR) is 122 cm³/mol. The molecule has 1 aliphatic rings. The first-order valence-corrected chi connectivity index (χ1v) is 10.3. The molecule has 0 atom stereocenters. The summed E-state index contributed by atoms with van der Waals surface area (Å²) in [5.41, 5.74) is 9.26. The Morgan fingerprint density at radius 3 is 2.48 bits per heavy atom. The van der Waals surface area contributed by atoms with Gasteiger partial charge in [-0.25, -0.2) is 9.97 Å². The van der Waals surface area contributed by atoms with Crippen molar-refractivity contribution in [3.05, 3.63) is 65.3 Å². The molecule has 1 fully saturated rings. The van der Waals surface area contributed by atoms with Crippen LogP contribution in [0, 0.1) is 0 Å². The van der Waals surface area contributed by atoms with Crippen LogP contribution in [0.25, 0.3) is 11.3 Å². The maximum absolute atomic E-state index is 11.9. The summed E-state index contributed by atoms with van der Waals surface area (Å²) in [6, 6.07) is 15.1. The molecule has 0 spiro atoms. The number of halogens is 1. The van der Waals surface area contributed by atoms with Gasteiger partial charge in [0, 0.05) is 35.6 Å². The van der Waals surface area contributed by atoms with Gasteiger partial charge in [0.25, 0.3) is 5.91 Å². The van der Waals surface area contributed by atoms with Crippen LogP contribution in [0.1, 0.15) is 10.4 Å². The molecule has 4 rings (SSSR count). The molecule has 0 unspecified atom stereocenters. The SMILES string of the molecule is NCNC(=O)c1ccc(-c2nc(Nc3ccc(N4CCOCC4)cc3)ncc2Cl)cc1. The number of rotatable bonds is 6. The molecule has 0 radical (unpaired) electrons. The van der Waals surface area contributed by atoms with E-state index in [1.54, 1.807) is 30.5 Å². The summed E-state index contributed by atoms with van der Waals surface area (Å²) in [5, 5.41) is 6.20. The Morgan fingerprint density at radius 2 is 1.81 bits per heavy atom. The highest BCUT2D eigenvalue weighted by Gasteiger charge is 2.12. The minimum Gasteiger partial charge on any atom is -0.378 e. The third kappa shape index (κ3) is 5.11. The number of hydrogen-bond acceptors (Lipinski definition) is 7. The van der Waals surface area contributed by atoms with E-state index in [4.69, 9.17) is 22.1 Å². The Bertz CT molecular complexity index is 1040. The van der Waals surface area contributed by atoms with Crippen LogP contribution < -0.4 is 21.3 Å². The first kappa shape index (κ1) is 21.0. The maximum atomic E-state index is 11.9. The van der Waals surface area contributed by atoms with Gasteiger partial charge in [0.05, 0.1) is 36.8 Å². The number of amides is 1. The zero-order valence-corrected chi connectivity index (χ0v) is 17.6. The Morgan fingerprint density at radius 1 is 1.10 bits per heavy atom. The van der Waals surface area contributed by atoms with Crippen molar-refractivity contribution in [1.29, 1.82) is 0 Å². The summed E-state index contributed by atoms with van der Waals surface area (Å²) in [4.78, 5) is 23.0. The quantitative estimate of drug-likeness (QED) is 0.508. The van der Waals surface area contributed by atoms with E-state index in [0.29, 0.717) is 22.2 Å². The smallest absolute Gasteiger partial charge is 0.252 e. The fourth-order valence-electron chi connectivity index (χ4n) is 3.31. The molecule has 3 aromatic rings. The average molecular weight is 439 g/mol. The summed E-state index contributed by atoms with van der Waals surface area (Å²) < 4.78 is 5.40. The normalized spacial score (nSPS) is 13.7. The van der Waals surface area contributed by atoms with Gasteiger partial charge in [-0.15, -0.1) is 0 Å². The number of aromatic nitrogens is 2. The van der Waals surface area contributed by atoms with Gasteiger partial charge >= 0.3 is 0 Å². The number of benzene rings is 2. The molecule has 1 aliphatic heterocycles. The maximum Gasteiger partial charge on any atom is 0.252 e. The molecular weight excluding hydrogens is 416 g/mol. The van der Waals surface area contributed by atoms with Crippen molar-refractivity contribution in [2.75, 3.05) is 43.2 Å². The second kappa shape index (κ2) is 9.74. The summed E-state index contributed by atoms with van der Waals surface area (Å²) >= 11 is 6.33. The van der Waals surface area contributed by atoms with E-state index in [-0.39, 0.29) is 12.6 Å². The van der Waals surface area contributed by atoms with Crippen LogP contribution >= 0.6 is 11.6 Å². The third-order valence-electron chi connectivity index (χ3n) is 4.93. The van der Waals surface area contributed by atoms with Crippen molar-refractivity contribution >= 4 is 34.8 Å². The second-order valence-electron chi connectivity index (χ2n) is 6.95. The van der Waals surface area contributed by atoms with Crippen molar-refractivity contribution in [2.24, 2.45) is 5.73 Å². The van der Waals surface area contributed by atoms with Crippen LogP contribution in [0.4, 0.5) is 17.3 Å². The minimum absolute atomic E-state index is 0.0841. The third-order valence-corrected chi connectivity index (χ3v) is 5.20. The molecule has 2 heterocycles. The van der Waals surface area contributed by atoms with Crippen LogP contribution in [0.3, 0.4) is 0 Å². The first-order chi connectivity index (χ1) is 15.1. The van der Waals surface area contributed by atoms with E-state index in [1.165, 1.54) is 0 Å². The second-order valence-corrected chi connectivity index (χ2v) is 7.36. The summed E-state index contributed by atoms with van der Waals surface area (Å²) in [5.74, 6) is 0.203. The standard InChI is InChI=1S/C22H23ClN6O2/c23-19-13-25-22(27-17-5-7-18(8-6-17)29-9-11-31-12-10-29)28-20(19)15-1-3-16(4-2-15)21(30)26-14-24/h1-8,13H,9-12,14,24H2,(H,26,30)(H,25,27,28). The highest BCUT2D eigenvalue weighted by atomic mass is 35.5. The van der Waals surface area contributed by atoms with Gasteiger partial charge in [-0.1, -0.05) is 23.7 Å². The van der Waals surface area contributed by atoms with Gasteiger partial charge in [-0.2, -0.15) is 0 Å². The summed E-state index contributed by atoms with van der Waals surface area (Å²) in [6.07, 6.45) is 1.56. The van der Waals surface area contributed by atoms with Gasteiger partial charge in [-0.05, 0) is 36.4 Å². The number of nitrogens with two attached hydrogens (primary N) is 1. The molecule has 160 valence electrons.